The zero-order valence-electron chi connectivity index (χ0n) is 10.3. The first-order valence-electron chi connectivity index (χ1n) is 5.96. The normalized spacial score (nSPS) is 10.0. The lowest BCUT2D eigenvalue weighted by Crippen LogP contribution is -2.03. The molecule has 3 heteroatoms. The van der Waals surface area contributed by atoms with Gasteiger partial charge in [0.1, 0.15) is 5.75 Å². The van der Waals surface area contributed by atoms with E-state index >= 15 is 0 Å². The van der Waals surface area contributed by atoms with Crippen LogP contribution in [0, 0.1) is 0 Å². The standard InChI is InChI=1S/C14H20BrNO/c1-3-4-5-6-7-10-16-13-11-12(15)8-9-14(13)17-2/h3,8-9,11,16H,1,4-7,10H2,2H3. The summed E-state index contributed by atoms with van der Waals surface area (Å²) in [5, 5.41) is 3.40. The number of allylic oxidation sites excluding steroid dienone is 1. The van der Waals surface area contributed by atoms with Crippen LogP contribution in [0.25, 0.3) is 0 Å². The molecule has 0 aromatic heterocycles. The molecule has 0 radical (unpaired) electrons. The highest BCUT2D eigenvalue weighted by atomic mass is 79.9. The predicted molar refractivity (Wildman–Crippen MR) is 77.8 cm³/mol. The number of ether oxygens (including phenoxy) is 1. The lowest BCUT2D eigenvalue weighted by molar-refractivity contribution is 0.416. The molecular formula is C14H20BrNO. The van der Waals surface area contributed by atoms with Gasteiger partial charge in [-0.2, -0.15) is 0 Å². The second-order valence-corrected chi connectivity index (χ2v) is 4.83. The molecule has 0 saturated heterocycles. The molecule has 1 aromatic carbocycles. The summed E-state index contributed by atoms with van der Waals surface area (Å²) in [5.74, 6) is 0.888. The van der Waals surface area contributed by atoms with Gasteiger partial charge < -0.3 is 10.1 Å². The lowest BCUT2D eigenvalue weighted by atomic mass is 10.2. The van der Waals surface area contributed by atoms with Crippen LogP contribution in [0.2, 0.25) is 0 Å². The van der Waals surface area contributed by atoms with E-state index in [9.17, 15) is 0 Å². The zero-order valence-corrected chi connectivity index (χ0v) is 11.9. The van der Waals surface area contributed by atoms with Crippen LogP contribution in [-0.2, 0) is 0 Å². The third-order valence-electron chi connectivity index (χ3n) is 2.56. The van der Waals surface area contributed by atoms with Crippen molar-refractivity contribution < 1.29 is 4.74 Å². The molecule has 0 atom stereocenters. The van der Waals surface area contributed by atoms with Crippen molar-refractivity contribution in [2.75, 3.05) is 19.0 Å². The van der Waals surface area contributed by atoms with Crippen LogP contribution in [0.1, 0.15) is 25.7 Å². The first-order chi connectivity index (χ1) is 8.27. The number of methoxy groups -OCH3 is 1. The van der Waals surface area contributed by atoms with Gasteiger partial charge in [0, 0.05) is 11.0 Å². The Balaban J connectivity index is 2.35. The van der Waals surface area contributed by atoms with Crippen molar-refractivity contribution >= 4 is 21.6 Å². The molecule has 2 nitrogen and oxygen atoms in total. The maximum Gasteiger partial charge on any atom is 0.142 e. The van der Waals surface area contributed by atoms with Crippen molar-refractivity contribution in [1.82, 2.24) is 0 Å². The van der Waals surface area contributed by atoms with E-state index in [2.05, 4.69) is 27.8 Å². The first-order valence-corrected chi connectivity index (χ1v) is 6.75. The summed E-state index contributed by atoms with van der Waals surface area (Å²) in [4.78, 5) is 0. The van der Waals surface area contributed by atoms with Gasteiger partial charge in [0.25, 0.3) is 0 Å². The molecule has 0 saturated carbocycles. The van der Waals surface area contributed by atoms with E-state index in [-0.39, 0.29) is 0 Å². The molecule has 0 unspecified atom stereocenters. The average Bonchev–Trinajstić information content (AvgIpc) is 2.34. The van der Waals surface area contributed by atoms with Gasteiger partial charge in [0.05, 0.1) is 12.8 Å². The third-order valence-corrected chi connectivity index (χ3v) is 3.06. The van der Waals surface area contributed by atoms with Crippen LogP contribution in [-0.4, -0.2) is 13.7 Å². The molecule has 0 heterocycles. The molecule has 1 rings (SSSR count). The minimum Gasteiger partial charge on any atom is -0.495 e. The Morgan fingerprint density at radius 2 is 2.18 bits per heavy atom. The first kappa shape index (κ1) is 14.1. The number of unbranched alkanes of at least 4 members (excludes halogenated alkanes) is 3. The summed E-state index contributed by atoms with van der Waals surface area (Å²) in [6, 6.07) is 5.99. The van der Waals surface area contributed by atoms with Crippen LogP contribution < -0.4 is 10.1 Å². The van der Waals surface area contributed by atoms with E-state index in [1.807, 2.05) is 24.3 Å². The van der Waals surface area contributed by atoms with E-state index in [0.29, 0.717) is 0 Å². The molecule has 0 fully saturated rings. The van der Waals surface area contributed by atoms with Gasteiger partial charge in [-0.15, -0.1) is 6.58 Å². The Kier molecular flexibility index (Phi) is 6.78. The predicted octanol–water partition coefficient (Wildman–Crippen LogP) is 4.62. The highest BCUT2D eigenvalue weighted by Gasteiger charge is 2.02. The summed E-state index contributed by atoms with van der Waals surface area (Å²) in [6.07, 6.45) is 6.71. The van der Waals surface area contributed by atoms with Crippen molar-refractivity contribution in [1.29, 1.82) is 0 Å². The van der Waals surface area contributed by atoms with Gasteiger partial charge in [-0.3, -0.25) is 0 Å². The Morgan fingerprint density at radius 3 is 2.88 bits per heavy atom. The van der Waals surface area contributed by atoms with Crippen LogP contribution in [0.3, 0.4) is 0 Å². The summed E-state index contributed by atoms with van der Waals surface area (Å²) >= 11 is 3.46. The fourth-order valence-electron chi connectivity index (χ4n) is 1.63. The quantitative estimate of drug-likeness (QED) is 0.558. The smallest absolute Gasteiger partial charge is 0.142 e. The Bertz CT molecular complexity index is 352. The van der Waals surface area contributed by atoms with Crippen LogP contribution in [0.5, 0.6) is 5.75 Å². The maximum absolute atomic E-state index is 5.30. The monoisotopic (exact) mass is 297 g/mol. The van der Waals surface area contributed by atoms with Gasteiger partial charge in [-0.1, -0.05) is 28.4 Å². The van der Waals surface area contributed by atoms with Crippen LogP contribution in [0.15, 0.2) is 35.3 Å². The molecule has 94 valence electrons. The minimum absolute atomic E-state index is 0.888. The Morgan fingerprint density at radius 1 is 1.35 bits per heavy atom. The molecule has 0 bridgehead atoms. The third kappa shape index (κ3) is 5.26. The number of benzene rings is 1. The summed E-state index contributed by atoms with van der Waals surface area (Å²) in [6.45, 7) is 4.70. The van der Waals surface area contributed by atoms with E-state index in [1.165, 1.54) is 19.3 Å². The fraction of sp³-hybridized carbons (Fsp3) is 0.429. The minimum atomic E-state index is 0.888. The second kappa shape index (κ2) is 8.18. The largest absolute Gasteiger partial charge is 0.495 e. The van der Waals surface area contributed by atoms with E-state index in [1.54, 1.807) is 7.11 Å². The van der Waals surface area contributed by atoms with Gasteiger partial charge in [-0.25, -0.2) is 0 Å². The molecule has 0 aliphatic rings. The number of nitrogens with one attached hydrogen (secondary N) is 1. The molecule has 0 amide bonds. The van der Waals surface area contributed by atoms with Crippen molar-refractivity contribution in [2.45, 2.75) is 25.7 Å². The highest BCUT2D eigenvalue weighted by molar-refractivity contribution is 9.10. The molecule has 0 aliphatic heterocycles. The van der Waals surface area contributed by atoms with Crippen LogP contribution in [0.4, 0.5) is 5.69 Å². The molecule has 0 spiro atoms. The van der Waals surface area contributed by atoms with Crippen molar-refractivity contribution in [2.24, 2.45) is 0 Å². The number of halogens is 1. The van der Waals surface area contributed by atoms with E-state index in [4.69, 9.17) is 4.74 Å². The van der Waals surface area contributed by atoms with Gasteiger partial charge in [-0.05, 0) is 37.5 Å². The highest BCUT2D eigenvalue weighted by Crippen LogP contribution is 2.27. The summed E-state index contributed by atoms with van der Waals surface area (Å²) in [5.41, 5.74) is 1.05. The fourth-order valence-corrected chi connectivity index (χ4v) is 1.99. The average molecular weight is 298 g/mol. The molecule has 1 aromatic rings. The molecule has 0 aliphatic carbocycles. The second-order valence-electron chi connectivity index (χ2n) is 3.91. The van der Waals surface area contributed by atoms with Crippen molar-refractivity contribution in [3.63, 3.8) is 0 Å². The van der Waals surface area contributed by atoms with E-state index in [0.717, 1.165) is 28.9 Å². The number of anilines is 1. The van der Waals surface area contributed by atoms with E-state index < -0.39 is 0 Å². The number of hydrogen-bond donors (Lipinski definition) is 1. The summed E-state index contributed by atoms with van der Waals surface area (Å²) < 4.78 is 6.36. The SMILES string of the molecule is C=CCCCCCNc1cc(Br)ccc1OC. The summed E-state index contributed by atoms with van der Waals surface area (Å²) in [7, 11) is 1.69. The van der Waals surface area contributed by atoms with Gasteiger partial charge in [0.2, 0.25) is 0 Å². The molecular weight excluding hydrogens is 278 g/mol. The topological polar surface area (TPSA) is 21.3 Å². The Labute approximate surface area is 112 Å². The van der Waals surface area contributed by atoms with Crippen LogP contribution >= 0.6 is 15.9 Å². The maximum atomic E-state index is 5.30. The number of rotatable bonds is 8. The lowest BCUT2D eigenvalue weighted by Gasteiger charge is -2.11. The zero-order chi connectivity index (χ0) is 12.5. The van der Waals surface area contributed by atoms with Gasteiger partial charge >= 0.3 is 0 Å². The number of hydrogen-bond acceptors (Lipinski definition) is 2. The molecule has 17 heavy (non-hydrogen) atoms. The van der Waals surface area contributed by atoms with Crippen molar-refractivity contribution in [3.05, 3.63) is 35.3 Å². The van der Waals surface area contributed by atoms with Gasteiger partial charge in [0.15, 0.2) is 0 Å². The molecule has 1 N–H and O–H groups in total. The Hall–Kier alpha value is -0.960. The van der Waals surface area contributed by atoms with Crippen molar-refractivity contribution in [3.8, 4) is 5.75 Å².